The minimum Gasteiger partial charge on any atom is -0.341 e. The highest BCUT2D eigenvalue weighted by Gasteiger charge is 2.69. The van der Waals surface area contributed by atoms with Crippen molar-refractivity contribution in [3.8, 4) is 0 Å². The Hall–Kier alpha value is -1.91. The van der Waals surface area contributed by atoms with Crippen molar-refractivity contribution in [1.82, 2.24) is 14.8 Å². The topological polar surface area (TPSA) is 90.5 Å². The van der Waals surface area contributed by atoms with E-state index < -0.39 is 0 Å². The number of imide groups is 1. The molecule has 6 unspecified atom stereocenters. The van der Waals surface area contributed by atoms with E-state index in [9.17, 15) is 19.2 Å². The zero-order valence-corrected chi connectivity index (χ0v) is 22.7. The first-order chi connectivity index (χ1) is 17.4. The first-order valence-corrected chi connectivity index (χ1v) is 15.2. The second-order valence-corrected chi connectivity index (χ2v) is 13.8. The summed E-state index contributed by atoms with van der Waals surface area (Å²) in [7, 11) is 0. The maximum Gasteiger partial charge on any atom is 0.305 e. The first-order valence-electron chi connectivity index (χ1n) is 12.7. The summed E-state index contributed by atoms with van der Waals surface area (Å²) in [5, 5.41) is 1.08. The summed E-state index contributed by atoms with van der Waals surface area (Å²) in [6, 6.07) is 8.25. The molecule has 1 N–H and O–H groups in total. The maximum atomic E-state index is 13.7. The molecule has 7 rings (SSSR count). The molecule has 7 nitrogen and oxygen atoms in total. The zero-order valence-electron chi connectivity index (χ0n) is 19.5. The predicted molar refractivity (Wildman–Crippen MR) is 140 cm³/mol. The lowest BCUT2D eigenvalue weighted by Crippen LogP contribution is -2.45. The van der Waals surface area contributed by atoms with Crippen LogP contribution in [-0.4, -0.2) is 57.4 Å². The number of hydrogen-bond acceptors (Lipinski definition) is 6. The third-order valence-electron chi connectivity index (χ3n) is 9.05. The number of piperidine rings is 1. The normalized spacial score (nSPS) is 34.6. The van der Waals surface area contributed by atoms with Crippen LogP contribution in [0.5, 0.6) is 0 Å². The van der Waals surface area contributed by atoms with Gasteiger partial charge in [-0.25, -0.2) is 0 Å². The third kappa shape index (κ3) is 3.36. The molecule has 188 valence electrons. The molecular formula is C26H26BrN3O4S2. The van der Waals surface area contributed by atoms with E-state index in [4.69, 9.17) is 0 Å². The first kappa shape index (κ1) is 23.2. The summed E-state index contributed by atoms with van der Waals surface area (Å²) >= 11 is 6.48. The van der Waals surface area contributed by atoms with Crippen LogP contribution in [-0.2, 0) is 14.4 Å². The van der Waals surface area contributed by atoms with Crippen LogP contribution in [0.15, 0.2) is 38.6 Å². The van der Waals surface area contributed by atoms with Crippen molar-refractivity contribution in [2.45, 2.75) is 41.9 Å². The highest BCUT2D eigenvalue weighted by Crippen LogP contribution is 2.68. The highest BCUT2D eigenvalue weighted by atomic mass is 79.9. The number of thioether (sulfide) groups is 1. The molecule has 2 aliphatic carbocycles. The predicted octanol–water partition coefficient (Wildman–Crippen LogP) is 3.68. The van der Waals surface area contributed by atoms with E-state index in [-0.39, 0.29) is 69.9 Å². The lowest BCUT2D eigenvalue weighted by Gasteiger charge is -2.43. The molecule has 2 aromatic rings. The Kier molecular flexibility index (Phi) is 5.52. The Morgan fingerprint density at radius 2 is 1.69 bits per heavy atom. The molecule has 5 aliphatic rings. The Morgan fingerprint density at radius 1 is 1.00 bits per heavy atom. The standard InChI is InChI=1S/C26H26BrN3O4S2/c27-13-6-4-12(5-7-13)17-18-14-10-15(21(18)35-23-22(17)36-26(34)28-23)20-19(14)24(32)30(25(20)33)11-16(31)29-8-2-1-3-9-29/h4-7,14-15,17-21H,1-3,8-11H2,(H,28,34)/t14?,15?,17-,18?,19?,20?,21?/m1/s1. The summed E-state index contributed by atoms with van der Waals surface area (Å²) in [6.45, 7) is 1.30. The van der Waals surface area contributed by atoms with Gasteiger partial charge in [-0.2, -0.15) is 0 Å². The number of nitrogens with one attached hydrogen (secondary N) is 1. The van der Waals surface area contributed by atoms with Crippen LogP contribution < -0.4 is 4.87 Å². The fraction of sp³-hybridized carbons (Fsp3) is 0.538. The van der Waals surface area contributed by atoms with Crippen molar-refractivity contribution in [2.75, 3.05) is 19.6 Å². The molecule has 1 aromatic carbocycles. The lowest BCUT2D eigenvalue weighted by molar-refractivity contribution is -0.147. The number of carbonyl (C=O) groups is 3. The van der Waals surface area contributed by atoms with Gasteiger partial charge in [-0.05, 0) is 61.1 Å². The number of benzene rings is 1. The van der Waals surface area contributed by atoms with Gasteiger partial charge in [0.15, 0.2) is 0 Å². The molecule has 2 saturated heterocycles. The molecule has 36 heavy (non-hydrogen) atoms. The fourth-order valence-electron chi connectivity index (χ4n) is 7.66. The fourth-order valence-corrected chi connectivity index (χ4v) is 10.8. The van der Waals surface area contributed by atoms with Crippen molar-refractivity contribution in [3.63, 3.8) is 0 Å². The van der Waals surface area contributed by atoms with Gasteiger partial charge in [0, 0.05) is 33.6 Å². The van der Waals surface area contributed by atoms with E-state index in [1.807, 2.05) is 12.1 Å². The van der Waals surface area contributed by atoms with Crippen LogP contribution in [0, 0.1) is 29.6 Å². The van der Waals surface area contributed by atoms with Crippen molar-refractivity contribution in [1.29, 1.82) is 0 Å². The third-order valence-corrected chi connectivity index (χ3v) is 12.2. The summed E-state index contributed by atoms with van der Waals surface area (Å²) in [5.41, 5.74) is 1.14. The molecular weight excluding hydrogens is 562 g/mol. The second kappa shape index (κ2) is 8.56. The smallest absolute Gasteiger partial charge is 0.305 e. The zero-order chi connectivity index (χ0) is 24.7. The summed E-state index contributed by atoms with van der Waals surface area (Å²) in [5.74, 6) is -0.777. The lowest BCUT2D eigenvalue weighted by atomic mass is 9.68. The number of aromatic nitrogens is 1. The minimum atomic E-state index is -0.353. The number of likely N-dealkylation sites (tertiary alicyclic amines) is 2. The highest BCUT2D eigenvalue weighted by molar-refractivity contribution is 9.10. The molecule has 10 heteroatoms. The largest absolute Gasteiger partial charge is 0.341 e. The number of carbonyl (C=O) groups excluding carboxylic acids is 3. The van der Waals surface area contributed by atoms with E-state index >= 15 is 0 Å². The quantitative estimate of drug-likeness (QED) is 0.553. The van der Waals surface area contributed by atoms with Gasteiger partial charge in [-0.3, -0.25) is 24.1 Å². The average Bonchev–Trinajstić information content (AvgIpc) is 3.61. The minimum absolute atomic E-state index is 0.0196. The van der Waals surface area contributed by atoms with Crippen LogP contribution in [0.3, 0.4) is 0 Å². The number of hydrogen-bond donors (Lipinski definition) is 1. The Morgan fingerprint density at radius 3 is 2.42 bits per heavy atom. The van der Waals surface area contributed by atoms with Crippen LogP contribution in [0.1, 0.15) is 42.0 Å². The second-order valence-electron chi connectivity index (χ2n) is 10.7. The number of halogens is 1. The number of amides is 3. The van der Waals surface area contributed by atoms with Crippen molar-refractivity contribution < 1.29 is 14.4 Å². The monoisotopic (exact) mass is 587 g/mol. The molecule has 2 saturated carbocycles. The van der Waals surface area contributed by atoms with E-state index in [1.165, 1.54) is 16.2 Å². The SMILES string of the molecule is O=C(CN1C(=O)C2C3CC(C2C1=O)C1C3Sc2[nH]c(=O)sc2[C@@H]1c1ccc(Br)cc1)N1CCCCC1. The molecule has 4 heterocycles. The van der Waals surface area contributed by atoms with Gasteiger partial charge in [-0.15, -0.1) is 11.8 Å². The number of nitrogens with zero attached hydrogens (tertiary/aromatic N) is 2. The Bertz CT molecular complexity index is 1320. The molecule has 0 radical (unpaired) electrons. The molecule has 2 bridgehead atoms. The van der Waals surface area contributed by atoms with E-state index in [0.717, 1.165) is 45.6 Å². The summed E-state index contributed by atoms with van der Waals surface area (Å²) in [4.78, 5) is 59.7. The van der Waals surface area contributed by atoms with Crippen LogP contribution >= 0.6 is 39.0 Å². The molecule has 7 atom stereocenters. The molecule has 3 amide bonds. The van der Waals surface area contributed by atoms with Gasteiger partial charge < -0.3 is 9.88 Å². The average molecular weight is 589 g/mol. The Balaban J connectivity index is 1.22. The number of aromatic amines is 1. The van der Waals surface area contributed by atoms with Crippen LogP contribution in [0.4, 0.5) is 0 Å². The number of fused-ring (bicyclic) bond motifs is 9. The van der Waals surface area contributed by atoms with Gasteiger partial charge in [0.2, 0.25) is 17.7 Å². The Labute approximate surface area is 225 Å². The molecule has 0 spiro atoms. The van der Waals surface area contributed by atoms with Gasteiger partial charge in [0.05, 0.1) is 16.9 Å². The van der Waals surface area contributed by atoms with E-state index in [2.05, 4.69) is 33.0 Å². The number of thiazole rings is 1. The molecule has 4 fully saturated rings. The van der Waals surface area contributed by atoms with Crippen molar-refractivity contribution >= 4 is 56.8 Å². The summed E-state index contributed by atoms with van der Waals surface area (Å²) in [6.07, 6.45) is 3.94. The van der Waals surface area contributed by atoms with Gasteiger partial charge in [0.25, 0.3) is 0 Å². The summed E-state index contributed by atoms with van der Waals surface area (Å²) < 4.78 is 0.994. The van der Waals surface area contributed by atoms with E-state index in [0.29, 0.717) is 13.1 Å². The maximum absolute atomic E-state index is 13.7. The van der Waals surface area contributed by atoms with Gasteiger partial charge in [-0.1, -0.05) is 39.4 Å². The van der Waals surface area contributed by atoms with Gasteiger partial charge >= 0.3 is 4.87 Å². The molecule has 1 aromatic heterocycles. The van der Waals surface area contributed by atoms with Crippen molar-refractivity contribution in [3.05, 3.63) is 48.8 Å². The van der Waals surface area contributed by atoms with Crippen molar-refractivity contribution in [2.24, 2.45) is 29.6 Å². The van der Waals surface area contributed by atoms with Crippen LogP contribution in [0.25, 0.3) is 0 Å². The number of H-pyrrole nitrogens is 1. The van der Waals surface area contributed by atoms with Gasteiger partial charge in [0.1, 0.15) is 6.54 Å². The molecule has 3 aliphatic heterocycles. The number of rotatable bonds is 3. The van der Waals surface area contributed by atoms with Crippen LogP contribution in [0.2, 0.25) is 0 Å². The van der Waals surface area contributed by atoms with E-state index in [1.54, 1.807) is 16.7 Å².